The van der Waals surface area contributed by atoms with Crippen LogP contribution in [0.1, 0.15) is 26.3 Å². The van der Waals surface area contributed by atoms with Crippen molar-refractivity contribution < 1.29 is 9.15 Å². The number of furan rings is 1. The molecule has 0 atom stereocenters. The van der Waals surface area contributed by atoms with Gasteiger partial charge in [0.05, 0.1) is 11.0 Å². The highest BCUT2D eigenvalue weighted by Crippen LogP contribution is 2.42. The average Bonchev–Trinajstić information content (AvgIpc) is 3.43. The van der Waals surface area contributed by atoms with Gasteiger partial charge in [0.1, 0.15) is 28.5 Å². The van der Waals surface area contributed by atoms with Gasteiger partial charge in [-0.2, -0.15) is 0 Å². The zero-order valence-corrected chi connectivity index (χ0v) is 22.1. The first-order chi connectivity index (χ1) is 18.4. The molecule has 38 heavy (non-hydrogen) atoms. The molecule has 7 rings (SSSR count). The van der Waals surface area contributed by atoms with E-state index in [4.69, 9.17) is 25.7 Å². The van der Waals surface area contributed by atoms with Gasteiger partial charge in [-0.25, -0.2) is 4.98 Å². The second-order valence-electron chi connectivity index (χ2n) is 10.7. The summed E-state index contributed by atoms with van der Waals surface area (Å²) >= 11 is 6.21. The number of aromatic nitrogens is 2. The molecule has 0 bridgehead atoms. The van der Waals surface area contributed by atoms with E-state index in [9.17, 15) is 0 Å². The summed E-state index contributed by atoms with van der Waals surface area (Å²) in [5, 5.41) is 5.09. The number of para-hydroxylation sites is 1. The predicted molar refractivity (Wildman–Crippen MR) is 156 cm³/mol. The maximum atomic E-state index is 6.24. The van der Waals surface area contributed by atoms with E-state index >= 15 is 0 Å². The summed E-state index contributed by atoms with van der Waals surface area (Å²) < 4.78 is 14.7. The Morgan fingerprint density at radius 3 is 2.42 bits per heavy atom. The molecular formula is C33H25ClN2O2. The Bertz CT molecular complexity index is 2010. The number of nitrogens with zero attached hydrogens (tertiary/aromatic N) is 2. The first-order valence-electron chi connectivity index (χ1n) is 12.7. The third kappa shape index (κ3) is 3.64. The molecule has 0 aliphatic heterocycles. The standard InChI is InChI=1S/C33H25ClN2O2/c1-33(2,3)20-15-16-35-30(17-20)36-26-13-14-29-32(25-9-4-5-10-28(25)38-29)31(26)24-12-11-23(19-27(24)36)37-22-8-6-7-21(34)18-22/h4-19H,1-3H3. The van der Waals surface area contributed by atoms with Crippen molar-refractivity contribution in [1.82, 2.24) is 9.55 Å². The molecule has 0 saturated heterocycles. The van der Waals surface area contributed by atoms with E-state index < -0.39 is 0 Å². The van der Waals surface area contributed by atoms with Gasteiger partial charge in [0.15, 0.2) is 0 Å². The number of hydrogen-bond acceptors (Lipinski definition) is 3. The van der Waals surface area contributed by atoms with E-state index in [1.165, 1.54) is 5.56 Å². The predicted octanol–water partition coefficient (Wildman–Crippen LogP) is 9.82. The quantitative estimate of drug-likeness (QED) is 0.234. The normalized spacial score (nSPS) is 12.2. The van der Waals surface area contributed by atoms with Crippen LogP contribution in [0.5, 0.6) is 11.5 Å². The summed E-state index contributed by atoms with van der Waals surface area (Å²) in [5.74, 6) is 2.28. The minimum atomic E-state index is -0.00861. The molecule has 3 aromatic heterocycles. The van der Waals surface area contributed by atoms with Crippen LogP contribution in [0.3, 0.4) is 0 Å². The van der Waals surface area contributed by atoms with Gasteiger partial charge >= 0.3 is 0 Å². The fraction of sp³-hybridized carbons (Fsp3) is 0.121. The van der Waals surface area contributed by atoms with Gasteiger partial charge in [-0.15, -0.1) is 0 Å². The lowest BCUT2D eigenvalue weighted by molar-refractivity contribution is 0.483. The molecule has 0 saturated carbocycles. The molecular weight excluding hydrogens is 492 g/mol. The molecule has 0 aliphatic carbocycles. The van der Waals surface area contributed by atoms with Crippen LogP contribution in [0.25, 0.3) is 49.6 Å². The van der Waals surface area contributed by atoms with E-state index in [0.29, 0.717) is 10.8 Å². The third-order valence-electron chi connectivity index (χ3n) is 7.11. The van der Waals surface area contributed by atoms with Crippen LogP contribution in [-0.4, -0.2) is 9.55 Å². The number of ether oxygens (including phenoxy) is 1. The van der Waals surface area contributed by atoms with Crippen molar-refractivity contribution >= 4 is 55.3 Å². The van der Waals surface area contributed by atoms with Crippen molar-refractivity contribution in [3.05, 3.63) is 108 Å². The minimum Gasteiger partial charge on any atom is -0.457 e. The van der Waals surface area contributed by atoms with E-state index in [1.807, 2.05) is 48.7 Å². The average molecular weight is 517 g/mol. The van der Waals surface area contributed by atoms with Crippen LogP contribution in [0.2, 0.25) is 5.02 Å². The summed E-state index contributed by atoms with van der Waals surface area (Å²) in [6.45, 7) is 6.65. The first-order valence-corrected chi connectivity index (χ1v) is 13.0. The largest absolute Gasteiger partial charge is 0.457 e. The van der Waals surface area contributed by atoms with Crippen molar-refractivity contribution in [2.75, 3.05) is 0 Å². The lowest BCUT2D eigenvalue weighted by atomic mass is 9.88. The van der Waals surface area contributed by atoms with Crippen LogP contribution in [0, 0.1) is 0 Å². The van der Waals surface area contributed by atoms with Crippen LogP contribution >= 0.6 is 11.6 Å². The molecule has 0 unspecified atom stereocenters. The van der Waals surface area contributed by atoms with Crippen LogP contribution in [0.4, 0.5) is 0 Å². The lowest BCUT2D eigenvalue weighted by Gasteiger charge is -2.20. The van der Waals surface area contributed by atoms with Crippen molar-refractivity contribution in [3.63, 3.8) is 0 Å². The molecule has 0 radical (unpaired) electrons. The van der Waals surface area contributed by atoms with Gasteiger partial charge < -0.3 is 9.15 Å². The number of pyridine rings is 1. The van der Waals surface area contributed by atoms with Gasteiger partial charge in [0.2, 0.25) is 0 Å². The van der Waals surface area contributed by atoms with E-state index in [-0.39, 0.29) is 5.41 Å². The van der Waals surface area contributed by atoms with Gasteiger partial charge in [-0.3, -0.25) is 4.57 Å². The van der Waals surface area contributed by atoms with E-state index in [1.54, 1.807) is 0 Å². The Morgan fingerprint density at radius 1 is 0.737 bits per heavy atom. The SMILES string of the molecule is CC(C)(C)c1ccnc(-n2c3cc(Oc4cccc(Cl)c4)ccc3c3c4c(ccc32)oc2ccccc24)c1. The Balaban J connectivity index is 1.56. The Labute approximate surface area is 225 Å². The molecule has 3 heterocycles. The van der Waals surface area contributed by atoms with Crippen LogP contribution < -0.4 is 4.74 Å². The zero-order chi connectivity index (χ0) is 26.0. The molecule has 186 valence electrons. The van der Waals surface area contributed by atoms with Crippen molar-refractivity contribution in [3.8, 4) is 17.3 Å². The number of hydrogen-bond donors (Lipinski definition) is 0. The third-order valence-corrected chi connectivity index (χ3v) is 7.35. The molecule has 0 spiro atoms. The summed E-state index contributed by atoms with van der Waals surface area (Å²) in [7, 11) is 0. The van der Waals surface area contributed by atoms with E-state index in [0.717, 1.165) is 55.3 Å². The summed E-state index contributed by atoms with van der Waals surface area (Å²) in [6.07, 6.45) is 1.89. The molecule has 0 fully saturated rings. The highest BCUT2D eigenvalue weighted by molar-refractivity contribution is 6.30. The highest BCUT2D eigenvalue weighted by Gasteiger charge is 2.21. The van der Waals surface area contributed by atoms with Gasteiger partial charge in [0, 0.05) is 38.8 Å². The van der Waals surface area contributed by atoms with Crippen molar-refractivity contribution in [1.29, 1.82) is 0 Å². The second kappa shape index (κ2) is 8.37. The Kier molecular flexibility index (Phi) is 5.04. The smallest absolute Gasteiger partial charge is 0.137 e. The molecule has 0 aliphatic rings. The van der Waals surface area contributed by atoms with Gasteiger partial charge in [-0.1, -0.05) is 56.6 Å². The monoisotopic (exact) mass is 516 g/mol. The number of benzene rings is 4. The van der Waals surface area contributed by atoms with Crippen LogP contribution in [0.15, 0.2) is 102 Å². The molecule has 0 amide bonds. The topological polar surface area (TPSA) is 40.2 Å². The van der Waals surface area contributed by atoms with Crippen molar-refractivity contribution in [2.24, 2.45) is 0 Å². The van der Waals surface area contributed by atoms with Gasteiger partial charge in [0.25, 0.3) is 0 Å². The molecule has 5 heteroatoms. The lowest BCUT2D eigenvalue weighted by Crippen LogP contribution is -2.12. The number of rotatable bonds is 3. The van der Waals surface area contributed by atoms with Crippen LogP contribution in [-0.2, 0) is 5.41 Å². The van der Waals surface area contributed by atoms with E-state index in [2.05, 4.69) is 73.9 Å². The maximum absolute atomic E-state index is 6.24. The summed E-state index contributed by atoms with van der Waals surface area (Å²) in [6, 6.07) is 30.3. The highest BCUT2D eigenvalue weighted by atomic mass is 35.5. The first kappa shape index (κ1) is 22.9. The minimum absolute atomic E-state index is 0.00861. The fourth-order valence-electron chi connectivity index (χ4n) is 5.29. The summed E-state index contributed by atoms with van der Waals surface area (Å²) in [5.41, 5.74) is 5.04. The fourth-order valence-corrected chi connectivity index (χ4v) is 5.47. The molecule has 4 nitrogen and oxygen atoms in total. The number of fused-ring (bicyclic) bond motifs is 7. The summed E-state index contributed by atoms with van der Waals surface area (Å²) in [4.78, 5) is 4.83. The second-order valence-corrected chi connectivity index (χ2v) is 11.1. The van der Waals surface area contributed by atoms with Crippen molar-refractivity contribution in [2.45, 2.75) is 26.2 Å². The van der Waals surface area contributed by atoms with Gasteiger partial charge in [-0.05, 0) is 71.6 Å². The Hall–Kier alpha value is -4.28. The zero-order valence-electron chi connectivity index (χ0n) is 21.3. The maximum Gasteiger partial charge on any atom is 0.137 e. The molecule has 0 N–H and O–H groups in total. The number of halogens is 1. The molecule has 7 aromatic rings. The Morgan fingerprint density at radius 2 is 1.58 bits per heavy atom. The molecule has 4 aromatic carbocycles.